The SMILES string of the molecule is CCCCCCCCCCCCC1=CCC(C2=CC(=O)OC2O)OC1O. The molecular weight excluding hydrogens is 332 g/mol. The summed E-state index contributed by atoms with van der Waals surface area (Å²) in [5.41, 5.74) is 1.30. The Bertz CT molecular complexity index is 497. The Morgan fingerprint density at radius 2 is 1.58 bits per heavy atom. The Hall–Kier alpha value is -1.17. The van der Waals surface area contributed by atoms with E-state index in [1.807, 2.05) is 6.08 Å². The zero-order valence-corrected chi connectivity index (χ0v) is 16.0. The first-order valence-electron chi connectivity index (χ1n) is 10.2. The fourth-order valence-corrected chi connectivity index (χ4v) is 3.59. The molecule has 2 heterocycles. The van der Waals surface area contributed by atoms with Crippen molar-refractivity contribution < 1.29 is 24.5 Å². The molecule has 2 rings (SSSR count). The van der Waals surface area contributed by atoms with Crippen LogP contribution in [0.25, 0.3) is 0 Å². The van der Waals surface area contributed by atoms with E-state index in [0.717, 1.165) is 18.4 Å². The van der Waals surface area contributed by atoms with Gasteiger partial charge in [0, 0.05) is 11.6 Å². The third kappa shape index (κ3) is 6.86. The Labute approximate surface area is 157 Å². The number of hydrogen-bond acceptors (Lipinski definition) is 5. The van der Waals surface area contributed by atoms with Gasteiger partial charge in [0.1, 0.15) is 0 Å². The van der Waals surface area contributed by atoms with E-state index in [4.69, 9.17) is 4.74 Å². The Balaban J connectivity index is 1.58. The number of hydrogen-bond donors (Lipinski definition) is 2. The summed E-state index contributed by atoms with van der Waals surface area (Å²) in [7, 11) is 0. The zero-order chi connectivity index (χ0) is 18.8. The number of cyclic esters (lactones) is 1. The molecule has 3 atom stereocenters. The number of carbonyl (C=O) groups is 1. The number of ether oxygens (including phenoxy) is 2. The fraction of sp³-hybridized carbons (Fsp3) is 0.762. The second-order valence-corrected chi connectivity index (χ2v) is 7.36. The molecule has 0 amide bonds. The lowest BCUT2D eigenvalue weighted by Gasteiger charge is -2.28. The number of carbonyl (C=O) groups excluding carboxylic acids is 1. The predicted octanol–water partition coefficient (Wildman–Crippen LogP) is 4.13. The Morgan fingerprint density at radius 3 is 2.12 bits per heavy atom. The highest BCUT2D eigenvalue weighted by molar-refractivity contribution is 5.85. The van der Waals surface area contributed by atoms with Gasteiger partial charge in [0.05, 0.1) is 6.10 Å². The molecule has 0 aromatic carbocycles. The van der Waals surface area contributed by atoms with E-state index in [2.05, 4.69) is 11.7 Å². The van der Waals surface area contributed by atoms with Gasteiger partial charge in [0.25, 0.3) is 0 Å². The second-order valence-electron chi connectivity index (χ2n) is 7.36. The smallest absolute Gasteiger partial charge is 0.333 e. The summed E-state index contributed by atoms with van der Waals surface area (Å²) >= 11 is 0. The van der Waals surface area contributed by atoms with Gasteiger partial charge >= 0.3 is 5.97 Å². The van der Waals surface area contributed by atoms with Gasteiger partial charge in [-0.2, -0.15) is 0 Å². The standard InChI is InChI=1S/C21H34O5/c1-2-3-4-5-6-7-8-9-10-11-12-16-13-14-18(25-20(16)23)17-15-19(22)26-21(17)24/h13,15,18,20-21,23-24H,2-12,14H2,1H3. The number of rotatable bonds is 12. The molecule has 0 aliphatic carbocycles. The van der Waals surface area contributed by atoms with Crippen LogP contribution in [-0.4, -0.2) is 34.9 Å². The lowest BCUT2D eigenvalue weighted by molar-refractivity contribution is -0.155. The van der Waals surface area contributed by atoms with Gasteiger partial charge in [0.2, 0.25) is 6.29 Å². The molecule has 2 N–H and O–H groups in total. The summed E-state index contributed by atoms with van der Waals surface area (Å²) in [6.07, 6.45) is 14.8. The Morgan fingerprint density at radius 1 is 0.962 bits per heavy atom. The van der Waals surface area contributed by atoms with Crippen LogP contribution in [0.2, 0.25) is 0 Å². The highest BCUT2D eigenvalue weighted by Crippen LogP contribution is 2.29. The van der Waals surface area contributed by atoms with E-state index in [9.17, 15) is 15.0 Å². The van der Waals surface area contributed by atoms with Crippen molar-refractivity contribution in [2.24, 2.45) is 0 Å². The maximum absolute atomic E-state index is 11.2. The van der Waals surface area contributed by atoms with Crippen LogP contribution in [0.4, 0.5) is 0 Å². The molecule has 0 aromatic rings. The van der Waals surface area contributed by atoms with Crippen LogP contribution in [0, 0.1) is 0 Å². The molecule has 5 heteroatoms. The first-order chi connectivity index (χ1) is 12.6. The monoisotopic (exact) mass is 366 g/mol. The predicted molar refractivity (Wildman–Crippen MR) is 100 cm³/mol. The Kier molecular flexibility index (Phi) is 9.37. The molecule has 148 valence electrons. The normalized spacial score (nSPS) is 25.8. The van der Waals surface area contributed by atoms with Gasteiger partial charge in [-0.3, -0.25) is 0 Å². The molecular formula is C21H34O5. The third-order valence-corrected chi connectivity index (χ3v) is 5.19. The van der Waals surface area contributed by atoms with Crippen LogP contribution < -0.4 is 0 Å². The van der Waals surface area contributed by atoms with Gasteiger partial charge in [-0.15, -0.1) is 0 Å². The van der Waals surface area contributed by atoms with Crippen molar-refractivity contribution in [1.82, 2.24) is 0 Å². The van der Waals surface area contributed by atoms with Gasteiger partial charge in [-0.1, -0.05) is 70.8 Å². The van der Waals surface area contributed by atoms with E-state index in [1.165, 1.54) is 63.9 Å². The minimum Gasteiger partial charge on any atom is -0.429 e. The minimum absolute atomic E-state index is 0.392. The summed E-state index contributed by atoms with van der Waals surface area (Å²) in [4.78, 5) is 11.2. The molecule has 0 saturated heterocycles. The first kappa shape index (κ1) is 21.1. The average molecular weight is 366 g/mol. The van der Waals surface area contributed by atoms with Crippen molar-refractivity contribution in [3.63, 3.8) is 0 Å². The van der Waals surface area contributed by atoms with E-state index < -0.39 is 24.7 Å². The lowest BCUT2D eigenvalue weighted by Crippen LogP contribution is -2.32. The molecule has 26 heavy (non-hydrogen) atoms. The molecule has 0 bridgehead atoms. The van der Waals surface area contributed by atoms with Crippen molar-refractivity contribution in [3.8, 4) is 0 Å². The molecule has 0 aromatic heterocycles. The van der Waals surface area contributed by atoms with Gasteiger partial charge in [-0.05, 0) is 24.8 Å². The quantitative estimate of drug-likeness (QED) is 0.308. The molecule has 5 nitrogen and oxygen atoms in total. The highest BCUT2D eigenvalue weighted by atomic mass is 16.6. The summed E-state index contributed by atoms with van der Waals surface area (Å²) in [6.45, 7) is 2.24. The van der Waals surface area contributed by atoms with Crippen molar-refractivity contribution >= 4 is 5.97 Å². The molecule has 0 spiro atoms. The lowest BCUT2D eigenvalue weighted by atomic mass is 9.98. The van der Waals surface area contributed by atoms with Crippen LogP contribution in [0.3, 0.4) is 0 Å². The van der Waals surface area contributed by atoms with Crippen LogP contribution in [0.15, 0.2) is 23.3 Å². The average Bonchev–Trinajstić information content (AvgIpc) is 2.96. The largest absolute Gasteiger partial charge is 0.429 e. The topological polar surface area (TPSA) is 76.0 Å². The maximum atomic E-state index is 11.2. The zero-order valence-electron chi connectivity index (χ0n) is 16.0. The van der Waals surface area contributed by atoms with Crippen LogP contribution in [0.1, 0.15) is 84.0 Å². The van der Waals surface area contributed by atoms with Gasteiger partial charge < -0.3 is 19.7 Å². The highest BCUT2D eigenvalue weighted by Gasteiger charge is 2.34. The van der Waals surface area contributed by atoms with Crippen molar-refractivity contribution in [2.75, 3.05) is 0 Å². The van der Waals surface area contributed by atoms with Gasteiger partial charge in [-0.25, -0.2) is 4.79 Å². The van der Waals surface area contributed by atoms with E-state index in [-0.39, 0.29) is 0 Å². The molecule has 0 fully saturated rings. The van der Waals surface area contributed by atoms with Crippen LogP contribution in [-0.2, 0) is 14.3 Å². The molecule has 3 unspecified atom stereocenters. The summed E-state index contributed by atoms with van der Waals surface area (Å²) in [6, 6.07) is 0. The number of esters is 1. The molecule has 0 saturated carbocycles. The third-order valence-electron chi connectivity index (χ3n) is 5.19. The second kappa shape index (κ2) is 11.5. The number of aliphatic hydroxyl groups excluding tert-OH is 2. The van der Waals surface area contributed by atoms with Crippen LogP contribution in [0.5, 0.6) is 0 Å². The summed E-state index contributed by atoms with van der Waals surface area (Å²) in [5.74, 6) is -0.564. The minimum atomic E-state index is -1.25. The molecule has 0 radical (unpaired) electrons. The fourth-order valence-electron chi connectivity index (χ4n) is 3.59. The van der Waals surface area contributed by atoms with E-state index in [0.29, 0.717) is 12.0 Å². The van der Waals surface area contributed by atoms with Crippen LogP contribution >= 0.6 is 0 Å². The molecule has 2 aliphatic heterocycles. The van der Waals surface area contributed by atoms with E-state index >= 15 is 0 Å². The number of unbranched alkanes of at least 4 members (excludes halogenated alkanes) is 9. The van der Waals surface area contributed by atoms with E-state index in [1.54, 1.807) is 0 Å². The number of aliphatic hydroxyl groups is 2. The summed E-state index contributed by atoms with van der Waals surface area (Å²) < 4.78 is 10.2. The van der Waals surface area contributed by atoms with Gasteiger partial charge in [0.15, 0.2) is 6.29 Å². The van der Waals surface area contributed by atoms with Crippen molar-refractivity contribution in [2.45, 2.75) is 103 Å². The maximum Gasteiger partial charge on any atom is 0.333 e. The van der Waals surface area contributed by atoms with Crippen molar-refractivity contribution in [3.05, 3.63) is 23.3 Å². The molecule has 2 aliphatic rings. The van der Waals surface area contributed by atoms with Crippen molar-refractivity contribution in [1.29, 1.82) is 0 Å². The first-order valence-corrected chi connectivity index (χ1v) is 10.2. The summed E-state index contributed by atoms with van der Waals surface area (Å²) in [5, 5.41) is 19.8.